The second-order valence-corrected chi connectivity index (χ2v) is 6.39. The molecule has 0 bridgehead atoms. The van der Waals surface area contributed by atoms with Crippen LogP contribution < -0.4 is 11.3 Å². The summed E-state index contributed by atoms with van der Waals surface area (Å²) in [6.45, 7) is 8.69. The van der Waals surface area contributed by atoms with Crippen LogP contribution in [0.2, 0.25) is 5.02 Å². The molecule has 1 aromatic heterocycles. The summed E-state index contributed by atoms with van der Waals surface area (Å²) in [5.41, 5.74) is 5.14. The first-order valence-electron chi connectivity index (χ1n) is 6.45. The van der Waals surface area contributed by atoms with Gasteiger partial charge in [0.25, 0.3) is 0 Å². The Morgan fingerprint density at radius 2 is 2.06 bits per heavy atom. The smallest absolute Gasteiger partial charge is 0.0850 e. The summed E-state index contributed by atoms with van der Waals surface area (Å²) in [4.78, 5) is 0. The van der Waals surface area contributed by atoms with Crippen molar-refractivity contribution in [1.29, 1.82) is 0 Å². The lowest BCUT2D eigenvalue weighted by Crippen LogP contribution is -2.39. The van der Waals surface area contributed by atoms with Gasteiger partial charge in [-0.3, -0.25) is 16.0 Å². The molecule has 0 saturated carbocycles. The van der Waals surface area contributed by atoms with Crippen molar-refractivity contribution in [3.8, 4) is 0 Å². The fraction of sp³-hybridized carbons (Fsp3) is 0.769. The van der Waals surface area contributed by atoms with Crippen LogP contribution >= 0.6 is 11.6 Å². The molecule has 1 aromatic rings. The average Bonchev–Trinajstić information content (AvgIpc) is 2.53. The molecule has 0 radical (unpaired) electrons. The molecule has 0 aliphatic carbocycles. The highest BCUT2D eigenvalue weighted by atomic mass is 35.5. The number of rotatable bonds is 5. The molecule has 4 nitrogen and oxygen atoms in total. The lowest BCUT2D eigenvalue weighted by molar-refractivity contribution is 0.306. The highest BCUT2D eigenvalue weighted by Gasteiger charge is 2.21. The molecule has 5 heteroatoms. The summed E-state index contributed by atoms with van der Waals surface area (Å²) >= 11 is 6.35. The van der Waals surface area contributed by atoms with Crippen molar-refractivity contribution in [3.63, 3.8) is 0 Å². The zero-order valence-corrected chi connectivity index (χ0v) is 12.8. The Morgan fingerprint density at radius 1 is 1.44 bits per heavy atom. The largest absolute Gasteiger partial charge is 0.271 e. The van der Waals surface area contributed by atoms with Crippen LogP contribution in [-0.4, -0.2) is 15.8 Å². The van der Waals surface area contributed by atoms with Crippen molar-refractivity contribution < 1.29 is 0 Å². The highest BCUT2D eigenvalue weighted by Crippen LogP contribution is 2.26. The summed E-state index contributed by atoms with van der Waals surface area (Å²) in [7, 11) is 1.94. The van der Waals surface area contributed by atoms with Crippen molar-refractivity contribution in [2.45, 2.75) is 53.0 Å². The molecule has 1 rings (SSSR count). The second-order valence-electron chi connectivity index (χ2n) is 6.02. The average molecular weight is 273 g/mol. The number of hydrazine groups is 1. The van der Waals surface area contributed by atoms with Gasteiger partial charge in [0, 0.05) is 19.5 Å². The van der Waals surface area contributed by atoms with Gasteiger partial charge in [-0.25, -0.2) is 0 Å². The topological polar surface area (TPSA) is 55.9 Å². The predicted octanol–water partition coefficient (Wildman–Crippen LogP) is 2.45. The van der Waals surface area contributed by atoms with Crippen LogP contribution in [-0.2, 0) is 19.9 Å². The van der Waals surface area contributed by atoms with Crippen molar-refractivity contribution in [2.24, 2.45) is 18.3 Å². The molecule has 104 valence electrons. The third-order valence-corrected chi connectivity index (χ3v) is 3.47. The Morgan fingerprint density at radius 3 is 2.44 bits per heavy atom. The van der Waals surface area contributed by atoms with Crippen molar-refractivity contribution >= 4 is 11.6 Å². The van der Waals surface area contributed by atoms with Crippen molar-refractivity contribution in [2.75, 3.05) is 0 Å². The maximum absolute atomic E-state index is 6.35. The van der Waals surface area contributed by atoms with Crippen LogP contribution in [0.1, 0.15) is 45.5 Å². The minimum atomic E-state index is 0.211. The number of hydrogen-bond donors (Lipinski definition) is 2. The molecule has 1 atom stereocenters. The molecular formula is C13H25ClN4. The predicted molar refractivity (Wildman–Crippen MR) is 76.5 cm³/mol. The molecule has 1 heterocycles. The van der Waals surface area contributed by atoms with E-state index in [1.807, 2.05) is 11.7 Å². The van der Waals surface area contributed by atoms with E-state index in [2.05, 4.69) is 38.2 Å². The first-order valence-corrected chi connectivity index (χ1v) is 6.82. The number of aryl methyl sites for hydroxylation is 2. The SMILES string of the molecule is CCc1nn(C)c(CC(CC(C)(C)C)NN)c1Cl. The summed E-state index contributed by atoms with van der Waals surface area (Å²) in [6.07, 6.45) is 2.65. The van der Waals surface area contributed by atoms with E-state index in [1.54, 1.807) is 0 Å². The summed E-state index contributed by atoms with van der Waals surface area (Å²) in [5.74, 6) is 5.64. The lowest BCUT2D eigenvalue weighted by Gasteiger charge is -2.25. The van der Waals surface area contributed by atoms with Crippen LogP contribution in [0.15, 0.2) is 0 Å². The first kappa shape index (κ1) is 15.5. The fourth-order valence-electron chi connectivity index (χ4n) is 2.20. The molecule has 0 saturated heterocycles. The Labute approximate surface area is 115 Å². The molecule has 0 aliphatic heterocycles. The molecular weight excluding hydrogens is 248 g/mol. The van der Waals surface area contributed by atoms with Gasteiger partial charge in [0.1, 0.15) is 0 Å². The fourth-order valence-corrected chi connectivity index (χ4v) is 2.58. The lowest BCUT2D eigenvalue weighted by atomic mass is 9.87. The molecule has 0 aromatic carbocycles. The number of aromatic nitrogens is 2. The standard InChI is InChI=1S/C13H25ClN4/c1-6-10-12(14)11(18(5)17-10)7-9(16-15)8-13(2,3)4/h9,16H,6-8,15H2,1-5H3. The summed E-state index contributed by atoms with van der Waals surface area (Å²) in [6, 6.07) is 0.211. The summed E-state index contributed by atoms with van der Waals surface area (Å²) in [5, 5.41) is 5.21. The van der Waals surface area contributed by atoms with E-state index in [-0.39, 0.29) is 11.5 Å². The van der Waals surface area contributed by atoms with E-state index >= 15 is 0 Å². The van der Waals surface area contributed by atoms with Gasteiger partial charge in [0.05, 0.1) is 16.4 Å². The number of hydrogen-bond acceptors (Lipinski definition) is 3. The minimum Gasteiger partial charge on any atom is -0.271 e. The third-order valence-electron chi connectivity index (χ3n) is 3.04. The maximum atomic E-state index is 6.35. The minimum absolute atomic E-state index is 0.211. The van der Waals surface area contributed by atoms with E-state index in [1.165, 1.54) is 0 Å². The van der Waals surface area contributed by atoms with Gasteiger partial charge in [-0.1, -0.05) is 39.3 Å². The molecule has 18 heavy (non-hydrogen) atoms. The number of nitrogens with one attached hydrogen (secondary N) is 1. The Hall–Kier alpha value is -0.580. The van der Waals surface area contributed by atoms with Gasteiger partial charge in [0.2, 0.25) is 0 Å². The van der Waals surface area contributed by atoms with Gasteiger partial charge >= 0.3 is 0 Å². The second kappa shape index (κ2) is 6.04. The molecule has 3 N–H and O–H groups in total. The van der Waals surface area contributed by atoms with E-state index in [0.717, 1.165) is 35.7 Å². The van der Waals surface area contributed by atoms with E-state index in [4.69, 9.17) is 17.4 Å². The molecule has 0 aliphatic rings. The van der Waals surface area contributed by atoms with Gasteiger partial charge in [-0.05, 0) is 18.3 Å². The zero-order chi connectivity index (χ0) is 13.9. The number of halogens is 1. The third kappa shape index (κ3) is 3.97. The van der Waals surface area contributed by atoms with Gasteiger partial charge in [-0.15, -0.1) is 0 Å². The van der Waals surface area contributed by atoms with Gasteiger partial charge < -0.3 is 0 Å². The zero-order valence-electron chi connectivity index (χ0n) is 12.0. The highest BCUT2D eigenvalue weighted by molar-refractivity contribution is 6.31. The van der Waals surface area contributed by atoms with Crippen LogP contribution in [0.25, 0.3) is 0 Å². The monoisotopic (exact) mass is 272 g/mol. The van der Waals surface area contributed by atoms with E-state index in [0.29, 0.717) is 0 Å². The van der Waals surface area contributed by atoms with Gasteiger partial charge in [0.15, 0.2) is 0 Å². The van der Waals surface area contributed by atoms with E-state index in [9.17, 15) is 0 Å². The first-order chi connectivity index (χ1) is 8.28. The Bertz CT molecular complexity index is 392. The van der Waals surface area contributed by atoms with Crippen LogP contribution in [0.4, 0.5) is 0 Å². The van der Waals surface area contributed by atoms with Gasteiger partial charge in [-0.2, -0.15) is 5.10 Å². The molecule has 0 amide bonds. The quantitative estimate of drug-likeness (QED) is 0.639. The summed E-state index contributed by atoms with van der Waals surface area (Å²) < 4.78 is 1.87. The molecule has 1 unspecified atom stereocenters. The van der Waals surface area contributed by atoms with Crippen LogP contribution in [0.3, 0.4) is 0 Å². The number of nitrogens with zero attached hydrogens (tertiary/aromatic N) is 2. The normalized spacial score (nSPS) is 13.9. The number of nitrogens with two attached hydrogens (primary N) is 1. The molecule has 0 fully saturated rings. The van der Waals surface area contributed by atoms with Crippen molar-refractivity contribution in [3.05, 3.63) is 16.4 Å². The van der Waals surface area contributed by atoms with Crippen LogP contribution in [0, 0.1) is 5.41 Å². The maximum Gasteiger partial charge on any atom is 0.0850 e. The Kier molecular flexibility index (Phi) is 5.20. The van der Waals surface area contributed by atoms with Crippen LogP contribution in [0.5, 0.6) is 0 Å². The van der Waals surface area contributed by atoms with E-state index < -0.39 is 0 Å². The van der Waals surface area contributed by atoms with Crippen molar-refractivity contribution in [1.82, 2.24) is 15.2 Å². The molecule has 0 spiro atoms. The Balaban J connectivity index is 2.85.